The van der Waals surface area contributed by atoms with Crippen molar-refractivity contribution in [2.75, 3.05) is 17.2 Å². The van der Waals surface area contributed by atoms with E-state index in [2.05, 4.69) is 52.5 Å². The SMILES string of the molecule is CCNc1ncc(F)c(Nc2c(Br)cccc2Br)n1. The van der Waals surface area contributed by atoms with Gasteiger partial charge < -0.3 is 10.6 Å². The Hall–Kier alpha value is -1.21. The van der Waals surface area contributed by atoms with Gasteiger partial charge in [0.05, 0.1) is 11.9 Å². The number of hydrogen-bond donors (Lipinski definition) is 2. The average molecular weight is 390 g/mol. The van der Waals surface area contributed by atoms with Gasteiger partial charge in [-0.05, 0) is 50.9 Å². The van der Waals surface area contributed by atoms with Gasteiger partial charge >= 0.3 is 0 Å². The van der Waals surface area contributed by atoms with Crippen LogP contribution in [0.3, 0.4) is 0 Å². The zero-order valence-electron chi connectivity index (χ0n) is 10.0. The van der Waals surface area contributed by atoms with E-state index in [1.807, 2.05) is 25.1 Å². The molecule has 0 aliphatic rings. The Labute approximate surface area is 127 Å². The molecule has 0 aliphatic heterocycles. The maximum Gasteiger partial charge on any atom is 0.224 e. The molecule has 1 heterocycles. The first-order valence-electron chi connectivity index (χ1n) is 5.59. The quantitative estimate of drug-likeness (QED) is 0.817. The average Bonchev–Trinajstić information content (AvgIpc) is 2.38. The van der Waals surface area contributed by atoms with Gasteiger partial charge in [0.25, 0.3) is 0 Å². The zero-order chi connectivity index (χ0) is 13.8. The third-order valence-corrected chi connectivity index (χ3v) is 3.61. The predicted octanol–water partition coefficient (Wildman–Crippen LogP) is 4.32. The van der Waals surface area contributed by atoms with Crippen molar-refractivity contribution < 1.29 is 4.39 Å². The highest BCUT2D eigenvalue weighted by Gasteiger charge is 2.11. The first-order valence-corrected chi connectivity index (χ1v) is 7.18. The van der Waals surface area contributed by atoms with Gasteiger partial charge in [0.2, 0.25) is 5.95 Å². The lowest BCUT2D eigenvalue weighted by Gasteiger charge is -2.11. The Morgan fingerprint density at radius 2 is 1.95 bits per heavy atom. The van der Waals surface area contributed by atoms with Crippen molar-refractivity contribution in [3.63, 3.8) is 0 Å². The summed E-state index contributed by atoms with van der Waals surface area (Å²) >= 11 is 6.81. The highest BCUT2D eigenvalue weighted by atomic mass is 79.9. The third kappa shape index (κ3) is 3.42. The van der Waals surface area contributed by atoms with Gasteiger partial charge in [0, 0.05) is 15.5 Å². The summed E-state index contributed by atoms with van der Waals surface area (Å²) in [5.41, 5.74) is 0.711. The van der Waals surface area contributed by atoms with Gasteiger partial charge in [0.15, 0.2) is 11.6 Å². The summed E-state index contributed by atoms with van der Waals surface area (Å²) in [7, 11) is 0. The summed E-state index contributed by atoms with van der Waals surface area (Å²) in [5, 5.41) is 5.89. The van der Waals surface area contributed by atoms with Crippen LogP contribution < -0.4 is 10.6 Å². The van der Waals surface area contributed by atoms with Gasteiger partial charge in [-0.15, -0.1) is 0 Å². The van der Waals surface area contributed by atoms with E-state index in [-0.39, 0.29) is 5.82 Å². The molecule has 7 heteroatoms. The van der Waals surface area contributed by atoms with Crippen LogP contribution in [0.4, 0.5) is 21.8 Å². The molecule has 0 amide bonds. The van der Waals surface area contributed by atoms with Gasteiger partial charge in [-0.3, -0.25) is 0 Å². The maximum absolute atomic E-state index is 13.7. The summed E-state index contributed by atoms with van der Waals surface area (Å²) in [6.45, 7) is 2.59. The van der Waals surface area contributed by atoms with Crippen molar-refractivity contribution in [1.82, 2.24) is 9.97 Å². The van der Waals surface area contributed by atoms with Crippen molar-refractivity contribution in [3.8, 4) is 0 Å². The van der Waals surface area contributed by atoms with Crippen LogP contribution in [0.5, 0.6) is 0 Å². The molecule has 0 atom stereocenters. The molecule has 2 N–H and O–H groups in total. The van der Waals surface area contributed by atoms with Crippen molar-refractivity contribution >= 4 is 49.3 Å². The van der Waals surface area contributed by atoms with Crippen molar-refractivity contribution in [3.05, 3.63) is 39.2 Å². The summed E-state index contributed by atoms with van der Waals surface area (Å²) in [6.07, 6.45) is 1.14. The molecule has 19 heavy (non-hydrogen) atoms. The number of para-hydroxylation sites is 1. The molecular weight excluding hydrogens is 379 g/mol. The van der Waals surface area contributed by atoms with E-state index < -0.39 is 5.82 Å². The van der Waals surface area contributed by atoms with Gasteiger partial charge in [0.1, 0.15) is 0 Å². The number of anilines is 3. The molecule has 0 saturated heterocycles. The van der Waals surface area contributed by atoms with Crippen LogP contribution in [0.15, 0.2) is 33.3 Å². The molecule has 1 aromatic carbocycles. The molecule has 0 fully saturated rings. The highest BCUT2D eigenvalue weighted by molar-refractivity contribution is 9.11. The molecular formula is C12H11Br2FN4. The van der Waals surface area contributed by atoms with Crippen molar-refractivity contribution in [1.29, 1.82) is 0 Å². The number of aromatic nitrogens is 2. The lowest BCUT2D eigenvalue weighted by Crippen LogP contribution is -2.06. The number of benzene rings is 1. The second kappa shape index (κ2) is 6.29. The third-order valence-electron chi connectivity index (χ3n) is 2.29. The van der Waals surface area contributed by atoms with Crippen molar-refractivity contribution in [2.45, 2.75) is 6.92 Å². The van der Waals surface area contributed by atoms with Gasteiger partial charge in [-0.25, -0.2) is 9.37 Å². The van der Waals surface area contributed by atoms with Gasteiger partial charge in [-0.1, -0.05) is 6.07 Å². The van der Waals surface area contributed by atoms with E-state index in [9.17, 15) is 4.39 Å². The normalized spacial score (nSPS) is 10.3. The van der Waals surface area contributed by atoms with Crippen LogP contribution in [0, 0.1) is 5.82 Å². The fourth-order valence-corrected chi connectivity index (χ4v) is 2.63. The lowest BCUT2D eigenvalue weighted by molar-refractivity contribution is 0.619. The molecule has 100 valence electrons. The molecule has 0 saturated carbocycles. The second-order valence-corrected chi connectivity index (χ2v) is 5.35. The van der Waals surface area contributed by atoms with Crippen LogP contribution >= 0.6 is 31.9 Å². The topological polar surface area (TPSA) is 49.8 Å². The Kier molecular flexibility index (Phi) is 4.71. The Balaban J connectivity index is 2.35. The molecule has 0 spiro atoms. The van der Waals surface area contributed by atoms with E-state index in [0.717, 1.165) is 15.1 Å². The summed E-state index contributed by atoms with van der Waals surface area (Å²) in [4.78, 5) is 7.94. The number of rotatable bonds is 4. The summed E-state index contributed by atoms with van der Waals surface area (Å²) in [5.74, 6) is -0.00238. The van der Waals surface area contributed by atoms with Crippen LogP contribution in [0.1, 0.15) is 6.92 Å². The Morgan fingerprint density at radius 3 is 2.58 bits per heavy atom. The largest absolute Gasteiger partial charge is 0.354 e. The number of hydrogen-bond acceptors (Lipinski definition) is 4. The number of nitrogens with zero attached hydrogens (tertiary/aromatic N) is 2. The van der Waals surface area contributed by atoms with Crippen LogP contribution in [-0.4, -0.2) is 16.5 Å². The molecule has 0 radical (unpaired) electrons. The fraction of sp³-hybridized carbons (Fsp3) is 0.167. The lowest BCUT2D eigenvalue weighted by atomic mass is 10.3. The van der Waals surface area contributed by atoms with E-state index >= 15 is 0 Å². The fourth-order valence-electron chi connectivity index (χ4n) is 1.43. The zero-order valence-corrected chi connectivity index (χ0v) is 13.2. The van der Waals surface area contributed by atoms with Crippen LogP contribution in [-0.2, 0) is 0 Å². The van der Waals surface area contributed by atoms with E-state index in [1.165, 1.54) is 0 Å². The monoisotopic (exact) mass is 388 g/mol. The minimum atomic E-state index is -0.510. The Bertz CT molecular complexity index is 572. The molecule has 0 aliphatic carbocycles. The molecule has 2 aromatic rings. The number of halogens is 3. The van der Waals surface area contributed by atoms with Gasteiger partial charge in [-0.2, -0.15) is 4.98 Å². The minimum Gasteiger partial charge on any atom is -0.354 e. The predicted molar refractivity (Wildman–Crippen MR) is 81.3 cm³/mol. The van der Waals surface area contributed by atoms with E-state index in [1.54, 1.807) is 0 Å². The molecule has 0 unspecified atom stereocenters. The first-order chi connectivity index (χ1) is 9.11. The standard InChI is InChI=1S/C12H11Br2FN4/c1-2-16-12-17-6-9(15)11(19-12)18-10-7(13)4-3-5-8(10)14/h3-6H,2H2,1H3,(H2,16,17,18,19). The summed E-state index contributed by atoms with van der Waals surface area (Å²) in [6, 6.07) is 5.59. The molecule has 2 rings (SSSR count). The summed E-state index contributed by atoms with van der Waals surface area (Å²) < 4.78 is 15.3. The molecule has 0 bridgehead atoms. The smallest absolute Gasteiger partial charge is 0.224 e. The Morgan fingerprint density at radius 1 is 1.26 bits per heavy atom. The van der Waals surface area contributed by atoms with E-state index in [0.29, 0.717) is 18.2 Å². The molecule has 4 nitrogen and oxygen atoms in total. The van der Waals surface area contributed by atoms with Crippen LogP contribution in [0.25, 0.3) is 0 Å². The minimum absolute atomic E-state index is 0.124. The second-order valence-electron chi connectivity index (χ2n) is 3.64. The number of nitrogens with one attached hydrogen (secondary N) is 2. The van der Waals surface area contributed by atoms with Crippen molar-refractivity contribution in [2.24, 2.45) is 0 Å². The first kappa shape index (κ1) is 14.2. The van der Waals surface area contributed by atoms with E-state index in [4.69, 9.17) is 0 Å². The van der Waals surface area contributed by atoms with Crippen LogP contribution in [0.2, 0.25) is 0 Å². The highest BCUT2D eigenvalue weighted by Crippen LogP contribution is 2.33. The maximum atomic E-state index is 13.7. The molecule has 1 aromatic heterocycles.